The Morgan fingerprint density at radius 3 is 2.55 bits per heavy atom. The monoisotopic (exact) mass is 552 g/mol. The first-order chi connectivity index (χ1) is 18.9. The van der Waals surface area contributed by atoms with Gasteiger partial charge in [-0.15, -0.1) is 0 Å². The van der Waals surface area contributed by atoms with Crippen molar-refractivity contribution in [1.82, 2.24) is 18.9 Å². The molecule has 0 radical (unpaired) electrons. The normalized spacial score (nSPS) is 15.9. The minimum atomic E-state index is -1.05. The fourth-order valence-corrected chi connectivity index (χ4v) is 4.86. The van der Waals surface area contributed by atoms with E-state index in [1.54, 1.807) is 49.6 Å². The number of halogens is 2. The highest BCUT2D eigenvalue weighted by Crippen LogP contribution is 2.34. The summed E-state index contributed by atoms with van der Waals surface area (Å²) >= 11 is 0. The van der Waals surface area contributed by atoms with Crippen LogP contribution in [0.5, 0.6) is 0 Å². The average Bonchev–Trinajstić information content (AvgIpc) is 3.48. The number of hydrogen-bond acceptors (Lipinski definition) is 5. The van der Waals surface area contributed by atoms with Gasteiger partial charge in [-0.2, -0.15) is 0 Å². The van der Waals surface area contributed by atoms with Gasteiger partial charge in [0.15, 0.2) is 0 Å². The first-order valence-electron chi connectivity index (χ1n) is 12.9. The fourth-order valence-electron chi connectivity index (χ4n) is 4.86. The van der Waals surface area contributed by atoms with Crippen molar-refractivity contribution in [3.8, 4) is 22.5 Å². The van der Waals surface area contributed by atoms with Crippen molar-refractivity contribution in [2.24, 2.45) is 0 Å². The maximum atomic E-state index is 15.8. The number of nitrogens with zero attached hydrogens (tertiary/aromatic N) is 4. The number of aryl methyl sites for hydroxylation is 1. The maximum Gasteiger partial charge on any atom is 0.418 e. The van der Waals surface area contributed by atoms with Crippen LogP contribution in [-0.2, 0) is 15.9 Å². The van der Waals surface area contributed by atoms with E-state index in [0.29, 0.717) is 11.3 Å². The van der Waals surface area contributed by atoms with Gasteiger partial charge in [-0.25, -0.2) is 23.4 Å². The van der Waals surface area contributed by atoms with Crippen molar-refractivity contribution in [2.45, 2.75) is 45.8 Å². The SMILES string of the molecule is Cc1ccn2c(C[C@H]3CN(C(=O)O)CCO3)c(-c3c(F)cc(-c4cccn4C(=O)OC(C)(C)C)cc3F)nc2c1. The van der Waals surface area contributed by atoms with Crippen LogP contribution in [0.3, 0.4) is 0 Å². The molecule has 3 aromatic heterocycles. The highest BCUT2D eigenvalue weighted by molar-refractivity contribution is 5.80. The highest BCUT2D eigenvalue weighted by Gasteiger charge is 2.29. The highest BCUT2D eigenvalue weighted by atomic mass is 19.1. The van der Waals surface area contributed by atoms with Crippen LogP contribution >= 0.6 is 0 Å². The average molecular weight is 553 g/mol. The number of pyridine rings is 1. The molecule has 1 aromatic carbocycles. The molecule has 1 atom stereocenters. The molecule has 1 N–H and O–H groups in total. The summed E-state index contributed by atoms with van der Waals surface area (Å²) in [6.45, 7) is 7.67. The number of aromatic nitrogens is 3. The number of fused-ring (bicyclic) bond motifs is 1. The predicted octanol–water partition coefficient (Wildman–Crippen LogP) is 5.76. The topological polar surface area (TPSA) is 98.3 Å². The van der Waals surface area contributed by atoms with Gasteiger partial charge in [0.25, 0.3) is 0 Å². The second-order valence-corrected chi connectivity index (χ2v) is 10.8. The minimum Gasteiger partial charge on any atom is -0.465 e. The van der Waals surface area contributed by atoms with Crippen LogP contribution in [0.4, 0.5) is 18.4 Å². The van der Waals surface area contributed by atoms with Crippen molar-refractivity contribution < 1.29 is 33.0 Å². The van der Waals surface area contributed by atoms with Crippen LogP contribution in [0, 0.1) is 18.6 Å². The first kappa shape index (κ1) is 27.3. The molecule has 40 heavy (non-hydrogen) atoms. The number of carbonyl (C=O) groups is 2. The molecule has 0 aliphatic carbocycles. The maximum absolute atomic E-state index is 15.8. The molecule has 5 rings (SSSR count). The lowest BCUT2D eigenvalue weighted by Gasteiger charge is -2.31. The molecule has 1 fully saturated rings. The lowest BCUT2D eigenvalue weighted by Crippen LogP contribution is -2.45. The van der Waals surface area contributed by atoms with Gasteiger partial charge in [-0.1, -0.05) is 0 Å². The van der Waals surface area contributed by atoms with E-state index in [9.17, 15) is 14.7 Å². The molecule has 0 unspecified atom stereocenters. The van der Waals surface area contributed by atoms with Crippen LogP contribution in [0.1, 0.15) is 32.0 Å². The fraction of sp³-hybridized carbons (Fsp3) is 0.345. The number of morpholine rings is 1. The van der Waals surface area contributed by atoms with Crippen molar-refractivity contribution in [3.63, 3.8) is 0 Å². The second kappa shape index (κ2) is 10.4. The summed E-state index contributed by atoms with van der Waals surface area (Å²) in [6, 6.07) is 9.15. The number of imidazole rings is 1. The molecular formula is C29H30F2N4O5. The third-order valence-corrected chi connectivity index (χ3v) is 6.62. The molecular weight excluding hydrogens is 522 g/mol. The molecule has 9 nitrogen and oxygen atoms in total. The number of benzene rings is 1. The van der Waals surface area contributed by atoms with E-state index < -0.39 is 35.5 Å². The summed E-state index contributed by atoms with van der Waals surface area (Å²) in [7, 11) is 0. The van der Waals surface area contributed by atoms with Gasteiger partial charge in [0.05, 0.1) is 41.9 Å². The smallest absolute Gasteiger partial charge is 0.418 e. The lowest BCUT2D eigenvalue weighted by atomic mass is 10.0. The molecule has 4 heterocycles. The Morgan fingerprint density at radius 2 is 1.88 bits per heavy atom. The predicted molar refractivity (Wildman–Crippen MR) is 143 cm³/mol. The summed E-state index contributed by atoms with van der Waals surface area (Å²) < 4.78 is 45.8. The third kappa shape index (κ3) is 5.42. The molecule has 0 spiro atoms. The number of carbonyl (C=O) groups excluding carboxylic acids is 1. The van der Waals surface area contributed by atoms with Gasteiger partial charge in [-0.05, 0) is 69.7 Å². The molecule has 1 amide bonds. The number of rotatable bonds is 4. The van der Waals surface area contributed by atoms with Crippen LogP contribution in [-0.4, -0.2) is 67.5 Å². The molecule has 1 aliphatic heterocycles. The van der Waals surface area contributed by atoms with Gasteiger partial charge in [-0.3, -0.25) is 4.57 Å². The van der Waals surface area contributed by atoms with Crippen molar-refractivity contribution >= 4 is 17.8 Å². The van der Waals surface area contributed by atoms with E-state index in [1.807, 2.05) is 13.0 Å². The quantitative estimate of drug-likeness (QED) is 0.346. The Balaban J connectivity index is 1.56. The van der Waals surface area contributed by atoms with Gasteiger partial charge >= 0.3 is 12.2 Å². The van der Waals surface area contributed by atoms with E-state index in [2.05, 4.69) is 4.98 Å². The van der Waals surface area contributed by atoms with Crippen LogP contribution in [0.2, 0.25) is 0 Å². The Bertz CT molecular complexity index is 1580. The van der Waals surface area contributed by atoms with Gasteiger partial charge in [0.1, 0.15) is 22.9 Å². The summed E-state index contributed by atoms with van der Waals surface area (Å²) in [5.41, 5.74) is 1.37. The summed E-state index contributed by atoms with van der Waals surface area (Å²) in [4.78, 5) is 30.0. The minimum absolute atomic E-state index is 0.103. The molecule has 4 aromatic rings. The van der Waals surface area contributed by atoms with Crippen molar-refractivity contribution in [3.05, 3.63) is 71.7 Å². The summed E-state index contributed by atoms with van der Waals surface area (Å²) in [6.07, 6.45) is 1.19. The number of carboxylic acid groups (broad SMARTS) is 1. The molecule has 210 valence electrons. The lowest BCUT2D eigenvalue weighted by molar-refractivity contribution is -0.0214. The Labute approximate surface area is 229 Å². The first-order valence-corrected chi connectivity index (χ1v) is 12.9. The van der Waals surface area contributed by atoms with Crippen LogP contribution < -0.4 is 0 Å². The Kier molecular flexibility index (Phi) is 7.09. The van der Waals surface area contributed by atoms with Crippen LogP contribution in [0.25, 0.3) is 28.2 Å². The largest absolute Gasteiger partial charge is 0.465 e. The standard InChI is InChI=1S/C29H30F2N4O5/c1-17-7-9-34-23(15-19-16-33(27(36)37)10-11-39-19)26(32-24(34)12-17)25-20(30)13-18(14-21(25)31)22-6-5-8-35(22)28(38)40-29(2,3)4/h5-9,12-14,19H,10-11,15-16H2,1-4H3,(H,36,37)/t19-/m0/s1. The zero-order valence-electron chi connectivity index (χ0n) is 22.6. The Hall–Kier alpha value is -4.25. The van der Waals surface area contributed by atoms with Crippen molar-refractivity contribution in [2.75, 3.05) is 19.7 Å². The van der Waals surface area contributed by atoms with Crippen LogP contribution in [0.15, 0.2) is 48.8 Å². The molecule has 11 heteroatoms. The zero-order valence-corrected chi connectivity index (χ0v) is 22.6. The molecule has 0 saturated carbocycles. The van der Waals surface area contributed by atoms with E-state index in [0.717, 1.165) is 17.7 Å². The Morgan fingerprint density at radius 1 is 1.15 bits per heavy atom. The second-order valence-electron chi connectivity index (χ2n) is 10.8. The molecule has 1 saturated heterocycles. The van der Waals surface area contributed by atoms with Gasteiger partial charge < -0.3 is 23.9 Å². The van der Waals surface area contributed by atoms with Gasteiger partial charge in [0.2, 0.25) is 0 Å². The van der Waals surface area contributed by atoms with Gasteiger partial charge in [0, 0.05) is 30.9 Å². The van der Waals surface area contributed by atoms with E-state index in [-0.39, 0.29) is 48.6 Å². The number of hydrogen-bond donors (Lipinski definition) is 1. The van der Waals surface area contributed by atoms with E-state index in [4.69, 9.17) is 9.47 Å². The summed E-state index contributed by atoms with van der Waals surface area (Å²) in [5.74, 6) is -1.71. The molecule has 0 bridgehead atoms. The zero-order chi connectivity index (χ0) is 28.8. The van der Waals surface area contributed by atoms with E-state index in [1.165, 1.54) is 15.7 Å². The third-order valence-electron chi connectivity index (χ3n) is 6.62. The molecule has 1 aliphatic rings. The number of ether oxygens (including phenoxy) is 2. The summed E-state index contributed by atoms with van der Waals surface area (Å²) in [5, 5.41) is 9.43. The van der Waals surface area contributed by atoms with Crippen molar-refractivity contribution in [1.29, 1.82) is 0 Å². The van der Waals surface area contributed by atoms with E-state index >= 15 is 8.78 Å². The number of amides is 1.